The number of nitrogens with zero attached hydrogens (tertiary/aromatic N) is 1. The van der Waals surface area contributed by atoms with Gasteiger partial charge in [-0.15, -0.1) is 0 Å². The Morgan fingerprint density at radius 1 is 1.44 bits per heavy atom. The maximum Gasteiger partial charge on any atom is 0.137 e. The van der Waals surface area contributed by atoms with Crippen LogP contribution >= 0.6 is 0 Å². The maximum absolute atomic E-state index is 10.4. The van der Waals surface area contributed by atoms with Crippen LogP contribution in [0.5, 0.6) is 5.75 Å². The van der Waals surface area contributed by atoms with Gasteiger partial charge in [0.05, 0.1) is 12.8 Å². The van der Waals surface area contributed by atoms with E-state index in [1.54, 1.807) is 18.5 Å². The van der Waals surface area contributed by atoms with Gasteiger partial charge in [-0.2, -0.15) is 0 Å². The molecule has 1 aromatic rings. The molecule has 0 radical (unpaired) electrons. The van der Waals surface area contributed by atoms with Crippen LogP contribution in [0.1, 0.15) is 32.3 Å². The number of hydrogen-bond acceptors (Lipinski definition) is 4. The smallest absolute Gasteiger partial charge is 0.137 e. The zero-order chi connectivity index (χ0) is 12.0. The molecule has 0 aliphatic heterocycles. The Morgan fingerprint density at radius 3 is 2.75 bits per heavy atom. The van der Waals surface area contributed by atoms with Gasteiger partial charge in [-0.1, -0.05) is 13.3 Å². The van der Waals surface area contributed by atoms with Gasteiger partial charge in [0.2, 0.25) is 0 Å². The van der Waals surface area contributed by atoms with Gasteiger partial charge in [0.25, 0.3) is 0 Å². The van der Waals surface area contributed by atoms with Crippen LogP contribution in [0.2, 0.25) is 0 Å². The lowest BCUT2D eigenvalue weighted by Crippen LogP contribution is -2.34. The minimum atomic E-state index is -0.991. The fourth-order valence-corrected chi connectivity index (χ4v) is 1.70. The largest absolute Gasteiger partial charge is 0.492 e. The Balaban J connectivity index is 2.96. The van der Waals surface area contributed by atoms with Crippen molar-refractivity contribution in [3.8, 4) is 5.75 Å². The Kier molecular flexibility index (Phi) is 4.71. The topological polar surface area (TPSA) is 68.4 Å². The van der Waals surface area contributed by atoms with Gasteiger partial charge in [-0.05, 0) is 19.4 Å². The zero-order valence-electron chi connectivity index (χ0n) is 9.94. The highest BCUT2D eigenvalue weighted by molar-refractivity contribution is 5.28. The summed E-state index contributed by atoms with van der Waals surface area (Å²) in [6, 6.07) is 1.80. The van der Waals surface area contributed by atoms with Crippen molar-refractivity contribution in [2.45, 2.75) is 32.3 Å². The van der Waals surface area contributed by atoms with E-state index >= 15 is 0 Å². The minimum absolute atomic E-state index is 0.193. The van der Waals surface area contributed by atoms with Gasteiger partial charge in [-0.3, -0.25) is 4.98 Å². The Morgan fingerprint density at radius 2 is 2.19 bits per heavy atom. The quantitative estimate of drug-likeness (QED) is 0.767. The summed E-state index contributed by atoms with van der Waals surface area (Å²) in [5.74, 6) is 0.669. The Labute approximate surface area is 96.5 Å². The van der Waals surface area contributed by atoms with Gasteiger partial charge in [0.15, 0.2) is 0 Å². The molecule has 3 N–H and O–H groups in total. The SMILES string of the molecule is CCCC(O)(CN)c1cncc(OCC)c1. The molecule has 0 aromatic carbocycles. The number of aromatic nitrogens is 1. The van der Waals surface area contributed by atoms with Gasteiger partial charge < -0.3 is 15.6 Å². The number of ether oxygens (including phenoxy) is 1. The predicted octanol–water partition coefficient (Wildman–Crippen LogP) is 1.43. The second kappa shape index (κ2) is 5.82. The van der Waals surface area contributed by atoms with Gasteiger partial charge in [0.1, 0.15) is 11.4 Å². The van der Waals surface area contributed by atoms with Crippen molar-refractivity contribution in [1.29, 1.82) is 0 Å². The summed E-state index contributed by atoms with van der Waals surface area (Å²) >= 11 is 0. The molecule has 0 spiro atoms. The summed E-state index contributed by atoms with van der Waals surface area (Å²) in [6.45, 7) is 4.70. The summed E-state index contributed by atoms with van der Waals surface area (Å²) in [5.41, 5.74) is 5.36. The number of pyridine rings is 1. The normalized spacial score (nSPS) is 14.5. The summed E-state index contributed by atoms with van der Waals surface area (Å²) in [4.78, 5) is 4.06. The van der Waals surface area contributed by atoms with Crippen molar-refractivity contribution in [2.24, 2.45) is 5.73 Å². The third kappa shape index (κ3) is 2.93. The van der Waals surface area contributed by atoms with E-state index in [1.165, 1.54) is 0 Å². The van der Waals surface area contributed by atoms with Gasteiger partial charge in [0, 0.05) is 18.3 Å². The fraction of sp³-hybridized carbons (Fsp3) is 0.583. The first-order chi connectivity index (χ1) is 7.66. The molecule has 1 heterocycles. The first-order valence-corrected chi connectivity index (χ1v) is 5.67. The van der Waals surface area contributed by atoms with Crippen molar-refractivity contribution in [3.05, 3.63) is 24.0 Å². The van der Waals surface area contributed by atoms with E-state index in [-0.39, 0.29) is 6.54 Å². The molecule has 0 fully saturated rings. The van der Waals surface area contributed by atoms with Crippen molar-refractivity contribution < 1.29 is 9.84 Å². The number of rotatable bonds is 6. The lowest BCUT2D eigenvalue weighted by atomic mass is 9.90. The average Bonchev–Trinajstić information content (AvgIpc) is 2.30. The third-order valence-electron chi connectivity index (χ3n) is 2.56. The molecule has 4 heteroatoms. The first-order valence-electron chi connectivity index (χ1n) is 5.67. The molecule has 0 saturated heterocycles. The Bertz CT molecular complexity index is 331. The zero-order valence-corrected chi connectivity index (χ0v) is 9.94. The highest BCUT2D eigenvalue weighted by atomic mass is 16.5. The average molecular weight is 224 g/mol. The van der Waals surface area contributed by atoms with E-state index in [2.05, 4.69) is 4.98 Å². The van der Waals surface area contributed by atoms with Crippen molar-refractivity contribution >= 4 is 0 Å². The molecule has 0 aliphatic rings. The molecule has 90 valence electrons. The molecule has 1 unspecified atom stereocenters. The molecule has 0 bridgehead atoms. The number of aliphatic hydroxyl groups is 1. The summed E-state index contributed by atoms with van der Waals surface area (Å²) in [5, 5.41) is 10.4. The highest BCUT2D eigenvalue weighted by Gasteiger charge is 2.27. The Hall–Kier alpha value is -1.13. The predicted molar refractivity (Wildman–Crippen MR) is 63.3 cm³/mol. The van der Waals surface area contributed by atoms with E-state index in [0.29, 0.717) is 18.8 Å². The van der Waals surface area contributed by atoms with Crippen molar-refractivity contribution in [2.75, 3.05) is 13.2 Å². The van der Waals surface area contributed by atoms with E-state index < -0.39 is 5.60 Å². The van der Waals surface area contributed by atoms with Crippen LogP contribution in [-0.4, -0.2) is 23.2 Å². The molecule has 16 heavy (non-hydrogen) atoms. The molecule has 1 rings (SSSR count). The summed E-state index contributed by atoms with van der Waals surface area (Å²) < 4.78 is 5.35. The molecular weight excluding hydrogens is 204 g/mol. The van der Waals surface area contributed by atoms with Gasteiger partial charge in [-0.25, -0.2) is 0 Å². The first kappa shape index (κ1) is 12.9. The lowest BCUT2D eigenvalue weighted by Gasteiger charge is -2.26. The summed E-state index contributed by atoms with van der Waals surface area (Å²) in [6.07, 6.45) is 4.77. The van der Waals surface area contributed by atoms with E-state index in [1.807, 2.05) is 13.8 Å². The van der Waals surface area contributed by atoms with Crippen LogP contribution in [0, 0.1) is 0 Å². The molecule has 0 aliphatic carbocycles. The maximum atomic E-state index is 10.4. The van der Waals surface area contributed by atoms with Crippen LogP contribution in [0.25, 0.3) is 0 Å². The van der Waals surface area contributed by atoms with Crippen molar-refractivity contribution in [3.63, 3.8) is 0 Å². The second-order valence-corrected chi connectivity index (χ2v) is 3.83. The monoisotopic (exact) mass is 224 g/mol. The molecule has 4 nitrogen and oxygen atoms in total. The lowest BCUT2D eigenvalue weighted by molar-refractivity contribution is 0.0353. The van der Waals surface area contributed by atoms with Crippen LogP contribution in [0.3, 0.4) is 0 Å². The van der Waals surface area contributed by atoms with Crippen LogP contribution in [-0.2, 0) is 5.60 Å². The van der Waals surface area contributed by atoms with E-state index in [9.17, 15) is 5.11 Å². The molecule has 1 atom stereocenters. The van der Waals surface area contributed by atoms with Crippen LogP contribution < -0.4 is 10.5 Å². The number of nitrogens with two attached hydrogens (primary N) is 1. The minimum Gasteiger partial charge on any atom is -0.492 e. The van der Waals surface area contributed by atoms with E-state index in [4.69, 9.17) is 10.5 Å². The highest BCUT2D eigenvalue weighted by Crippen LogP contribution is 2.27. The van der Waals surface area contributed by atoms with Gasteiger partial charge >= 0.3 is 0 Å². The third-order valence-corrected chi connectivity index (χ3v) is 2.56. The second-order valence-electron chi connectivity index (χ2n) is 3.83. The molecule has 1 aromatic heterocycles. The molecule has 0 saturated carbocycles. The standard InChI is InChI=1S/C12H20N2O2/c1-3-5-12(15,9-13)10-6-11(16-4-2)8-14-7-10/h6-8,15H,3-5,9,13H2,1-2H3. The van der Waals surface area contributed by atoms with Crippen LogP contribution in [0.4, 0.5) is 0 Å². The van der Waals surface area contributed by atoms with E-state index in [0.717, 1.165) is 12.0 Å². The number of hydrogen-bond donors (Lipinski definition) is 2. The molecule has 0 amide bonds. The van der Waals surface area contributed by atoms with Crippen molar-refractivity contribution in [1.82, 2.24) is 4.98 Å². The van der Waals surface area contributed by atoms with Crippen LogP contribution in [0.15, 0.2) is 18.5 Å². The fourth-order valence-electron chi connectivity index (χ4n) is 1.70. The molecular formula is C12H20N2O2. The summed E-state index contributed by atoms with van der Waals surface area (Å²) in [7, 11) is 0.